The third kappa shape index (κ3) is 2.60. The molecule has 96 valence electrons. The Hall–Kier alpha value is -1.10. The molecule has 17 heavy (non-hydrogen) atoms. The average Bonchev–Trinajstić information content (AvgIpc) is 2.75. The smallest absolute Gasteiger partial charge is 0.339 e. The molecule has 3 unspecified atom stereocenters. The van der Waals surface area contributed by atoms with E-state index in [1.807, 2.05) is 0 Å². The number of carbonyl (C=O) groups is 2. The molecule has 2 rings (SSSR count). The second-order valence-corrected chi connectivity index (χ2v) is 5.08. The van der Waals surface area contributed by atoms with Gasteiger partial charge in [0.15, 0.2) is 0 Å². The molecule has 2 aliphatic carbocycles. The van der Waals surface area contributed by atoms with Gasteiger partial charge >= 0.3 is 11.9 Å². The third-order valence-corrected chi connectivity index (χ3v) is 3.75. The molecular formula is C12H18O5. The van der Waals surface area contributed by atoms with E-state index >= 15 is 0 Å². The Labute approximate surface area is 100 Å². The van der Waals surface area contributed by atoms with Crippen LogP contribution in [-0.4, -0.2) is 24.1 Å². The second kappa shape index (κ2) is 4.64. The predicted molar refractivity (Wildman–Crippen MR) is 57.7 cm³/mol. The zero-order chi connectivity index (χ0) is 12.5. The molecule has 0 radical (unpaired) electrons. The fourth-order valence-electron chi connectivity index (χ4n) is 3.22. The molecule has 0 spiro atoms. The minimum absolute atomic E-state index is 0.146. The SMILES string of the molecule is CC(=O)OOCC1(OC(C)=O)CC2CCC1C2. The summed E-state index contributed by atoms with van der Waals surface area (Å²) in [5.41, 5.74) is -0.579. The highest BCUT2D eigenvalue weighted by Crippen LogP contribution is 2.52. The fraction of sp³-hybridized carbons (Fsp3) is 0.833. The van der Waals surface area contributed by atoms with Crippen molar-refractivity contribution in [2.75, 3.05) is 6.61 Å². The van der Waals surface area contributed by atoms with Crippen molar-refractivity contribution in [3.8, 4) is 0 Å². The first-order chi connectivity index (χ1) is 8.02. The lowest BCUT2D eigenvalue weighted by atomic mass is 9.84. The molecule has 2 saturated carbocycles. The van der Waals surface area contributed by atoms with Gasteiger partial charge in [-0.15, -0.1) is 0 Å². The van der Waals surface area contributed by atoms with Crippen LogP contribution < -0.4 is 0 Å². The van der Waals surface area contributed by atoms with Gasteiger partial charge in [0.1, 0.15) is 12.2 Å². The first-order valence-electron chi connectivity index (χ1n) is 6.01. The summed E-state index contributed by atoms with van der Waals surface area (Å²) in [5, 5.41) is 0. The van der Waals surface area contributed by atoms with E-state index in [9.17, 15) is 9.59 Å². The molecule has 0 aromatic carbocycles. The fourth-order valence-corrected chi connectivity index (χ4v) is 3.22. The zero-order valence-corrected chi connectivity index (χ0v) is 10.2. The molecule has 0 aromatic rings. The van der Waals surface area contributed by atoms with Crippen molar-refractivity contribution in [3.63, 3.8) is 0 Å². The highest BCUT2D eigenvalue weighted by molar-refractivity contribution is 5.66. The summed E-state index contributed by atoms with van der Waals surface area (Å²) >= 11 is 0. The van der Waals surface area contributed by atoms with Crippen LogP contribution in [0.5, 0.6) is 0 Å². The summed E-state index contributed by atoms with van der Waals surface area (Å²) < 4.78 is 5.46. The van der Waals surface area contributed by atoms with Gasteiger partial charge in [0.2, 0.25) is 0 Å². The van der Waals surface area contributed by atoms with Gasteiger partial charge in [-0.05, 0) is 31.6 Å². The van der Waals surface area contributed by atoms with Gasteiger partial charge in [-0.1, -0.05) is 0 Å². The maximum absolute atomic E-state index is 11.2. The van der Waals surface area contributed by atoms with Gasteiger partial charge < -0.3 is 4.74 Å². The lowest BCUT2D eigenvalue weighted by Crippen LogP contribution is -2.44. The molecule has 3 atom stereocenters. The van der Waals surface area contributed by atoms with Crippen molar-refractivity contribution in [2.24, 2.45) is 11.8 Å². The number of fused-ring (bicyclic) bond motifs is 2. The molecule has 0 saturated heterocycles. The number of hydrogen-bond donors (Lipinski definition) is 0. The Kier molecular flexibility index (Phi) is 3.38. The van der Waals surface area contributed by atoms with Crippen LogP contribution in [0.1, 0.15) is 39.5 Å². The van der Waals surface area contributed by atoms with Gasteiger partial charge in [0, 0.05) is 19.8 Å². The Morgan fingerprint density at radius 1 is 1.24 bits per heavy atom. The van der Waals surface area contributed by atoms with Gasteiger partial charge in [0.05, 0.1) is 0 Å². The topological polar surface area (TPSA) is 61.8 Å². The summed E-state index contributed by atoms with van der Waals surface area (Å²) in [5.74, 6) is 0.155. The van der Waals surface area contributed by atoms with E-state index in [0.29, 0.717) is 11.8 Å². The van der Waals surface area contributed by atoms with E-state index < -0.39 is 11.6 Å². The third-order valence-electron chi connectivity index (χ3n) is 3.75. The molecular weight excluding hydrogens is 224 g/mol. The lowest BCUT2D eigenvalue weighted by Gasteiger charge is -2.35. The summed E-state index contributed by atoms with van der Waals surface area (Å²) in [6.45, 7) is 2.83. The van der Waals surface area contributed by atoms with E-state index in [0.717, 1.165) is 19.3 Å². The molecule has 2 aliphatic rings. The summed E-state index contributed by atoms with van der Waals surface area (Å²) in [6, 6.07) is 0. The van der Waals surface area contributed by atoms with Crippen LogP contribution in [0.15, 0.2) is 0 Å². The summed E-state index contributed by atoms with van der Waals surface area (Å²) in [6.07, 6.45) is 4.15. The van der Waals surface area contributed by atoms with Crippen molar-refractivity contribution in [1.82, 2.24) is 0 Å². The van der Waals surface area contributed by atoms with E-state index in [1.54, 1.807) is 0 Å². The van der Waals surface area contributed by atoms with Crippen molar-refractivity contribution in [1.29, 1.82) is 0 Å². The van der Waals surface area contributed by atoms with Crippen molar-refractivity contribution < 1.29 is 24.1 Å². The molecule has 0 aromatic heterocycles. The molecule has 5 nitrogen and oxygen atoms in total. The first-order valence-corrected chi connectivity index (χ1v) is 6.01. The highest BCUT2D eigenvalue weighted by atomic mass is 17.2. The number of rotatable bonds is 4. The molecule has 2 fully saturated rings. The maximum atomic E-state index is 11.2. The van der Waals surface area contributed by atoms with Crippen LogP contribution in [-0.2, 0) is 24.1 Å². The average molecular weight is 242 g/mol. The van der Waals surface area contributed by atoms with Gasteiger partial charge in [-0.3, -0.25) is 9.68 Å². The van der Waals surface area contributed by atoms with Crippen LogP contribution in [0, 0.1) is 11.8 Å². The van der Waals surface area contributed by atoms with Crippen LogP contribution in [0.3, 0.4) is 0 Å². The summed E-state index contributed by atoms with van der Waals surface area (Å²) in [7, 11) is 0. The highest BCUT2D eigenvalue weighted by Gasteiger charge is 2.54. The minimum Gasteiger partial charge on any atom is -0.456 e. The van der Waals surface area contributed by atoms with Crippen LogP contribution >= 0.6 is 0 Å². The first kappa shape index (κ1) is 12.4. The molecule has 0 heterocycles. The van der Waals surface area contributed by atoms with Crippen molar-refractivity contribution >= 4 is 11.9 Å². The number of hydrogen-bond acceptors (Lipinski definition) is 5. The van der Waals surface area contributed by atoms with Gasteiger partial charge in [0.25, 0.3) is 0 Å². The molecule has 5 heteroatoms. The Morgan fingerprint density at radius 3 is 2.47 bits per heavy atom. The standard InChI is InChI=1S/C12H18O5/c1-8(13)16-12(7-15-17-9(2)14)6-10-3-4-11(12)5-10/h10-11H,3-7H2,1-2H3. The molecule has 0 aliphatic heterocycles. The van der Waals surface area contributed by atoms with E-state index in [1.165, 1.54) is 20.3 Å². The van der Waals surface area contributed by atoms with E-state index in [2.05, 4.69) is 4.89 Å². The Bertz CT molecular complexity index is 327. The molecule has 0 N–H and O–H groups in total. The zero-order valence-electron chi connectivity index (χ0n) is 10.2. The molecule has 2 bridgehead atoms. The maximum Gasteiger partial charge on any atom is 0.339 e. The number of ether oxygens (including phenoxy) is 1. The normalized spacial score (nSPS) is 34.7. The minimum atomic E-state index is -0.579. The molecule has 0 amide bonds. The Morgan fingerprint density at radius 2 is 2.00 bits per heavy atom. The van der Waals surface area contributed by atoms with Gasteiger partial charge in [-0.2, -0.15) is 4.89 Å². The largest absolute Gasteiger partial charge is 0.456 e. The van der Waals surface area contributed by atoms with E-state index in [4.69, 9.17) is 9.62 Å². The van der Waals surface area contributed by atoms with Crippen LogP contribution in [0.4, 0.5) is 0 Å². The number of esters is 1. The van der Waals surface area contributed by atoms with Crippen LogP contribution in [0.25, 0.3) is 0 Å². The quantitative estimate of drug-likeness (QED) is 0.425. The summed E-state index contributed by atoms with van der Waals surface area (Å²) in [4.78, 5) is 31.2. The van der Waals surface area contributed by atoms with E-state index in [-0.39, 0.29) is 12.6 Å². The van der Waals surface area contributed by atoms with Crippen LogP contribution in [0.2, 0.25) is 0 Å². The Balaban J connectivity index is 1.98. The number of carbonyl (C=O) groups excluding carboxylic acids is 2. The van der Waals surface area contributed by atoms with Crippen molar-refractivity contribution in [3.05, 3.63) is 0 Å². The van der Waals surface area contributed by atoms with Crippen molar-refractivity contribution in [2.45, 2.75) is 45.1 Å². The lowest BCUT2D eigenvalue weighted by molar-refractivity contribution is -0.296. The monoisotopic (exact) mass is 242 g/mol. The van der Waals surface area contributed by atoms with Gasteiger partial charge in [-0.25, -0.2) is 4.79 Å². The predicted octanol–water partition coefficient (Wildman–Crippen LogP) is 1.60. The second-order valence-electron chi connectivity index (χ2n) is 5.08.